The first kappa shape index (κ1) is 28.2. The fourth-order valence-electron chi connectivity index (χ4n) is 4.14. The minimum atomic E-state index is -2.02. The van der Waals surface area contributed by atoms with Crippen molar-refractivity contribution in [1.29, 1.82) is 0 Å². The van der Waals surface area contributed by atoms with E-state index in [0.717, 1.165) is 16.9 Å². The van der Waals surface area contributed by atoms with Crippen molar-refractivity contribution < 1.29 is 18.7 Å². The van der Waals surface area contributed by atoms with Crippen LogP contribution in [0.1, 0.15) is 31.9 Å². The summed E-state index contributed by atoms with van der Waals surface area (Å²) >= 11 is 0.0974. The standard InChI is InChI=1S/C31H37NO4SeSi/c1-30(2,3)38(5,6)36-25-17-13-14-23(20-25)21-31(29(33)34-4)27(22-37-26-18-11-8-12-19-26)35-28(32-31)24-15-9-7-10-16-24/h7-20,27H,21-22H2,1-6H3/t27-,31-/m1/s1. The molecule has 0 aromatic heterocycles. The molecule has 3 aromatic carbocycles. The molecule has 38 heavy (non-hydrogen) atoms. The summed E-state index contributed by atoms with van der Waals surface area (Å²) in [5, 5.41) is 0.765. The molecule has 0 fully saturated rings. The summed E-state index contributed by atoms with van der Waals surface area (Å²) in [5.41, 5.74) is 0.627. The Morgan fingerprint density at radius 1 is 1.00 bits per heavy atom. The number of hydrogen-bond donors (Lipinski definition) is 0. The van der Waals surface area contributed by atoms with Crippen LogP contribution in [0.25, 0.3) is 0 Å². The molecular weight excluding hydrogens is 557 g/mol. The van der Waals surface area contributed by atoms with E-state index in [1.54, 1.807) is 0 Å². The van der Waals surface area contributed by atoms with Crippen LogP contribution in [0.2, 0.25) is 23.5 Å². The van der Waals surface area contributed by atoms with Crippen LogP contribution in [0, 0.1) is 0 Å². The molecule has 3 aromatic rings. The predicted molar refractivity (Wildman–Crippen MR) is 157 cm³/mol. The normalized spacial score (nSPS) is 19.4. The van der Waals surface area contributed by atoms with Gasteiger partial charge in [0.15, 0.2) is 0 Å². The number of rotatable bonds is 9. The molecule has 1 aliphatic heterocycles. The number of carbonyl (C=O) groups is 1. The molecule has 0 unspecified atom stereocenters. The van der Waals surface area contributed by atoms with E-state index in [0.29, 0.717) is 17.6 Å². The van der Waals surface area contributed by atoms with Crippen LogP contribution in [-0.2, 0) is 20.7 Å². The average molecular weight is 595 g/mol. The molecule has 5 nitrogen and oxygen atoms in total. The number of nitrogens with zero attached hydrogens (tertiary/aromatic N) is 1. The molecule has 0 aliphatic carbocycles. The number of ether oxygens (including phenoxy) is 2. The molecule has 0 radical (unpaired) electrons. The third-order valence-corrected chi connectivity index (χ3v) is 14.0. The van der Waals surface area contributed by atoms with E-state index < -0.39 is 20.0 Å². The second-order valence-corrected chi connectivity index (χ2v) is 18.1. The number of esters is 1. The van der Waals surface area contributed by atoms with Gasteiger partial charge in [0.2, 0.25) is 0 Å². The predicted octanol–water partition coefficient (Wildman–Crippen LogP) is 5.82. The fraction of sp³-hybridized carbons (Fsp3) is 0.355. The van der Waals surface area contributed by atoms with Crippen LogP contribution in [-0.4, -0.2) is 53.9 Å². The van der Waals surface area contributed by atoms with Gasteiger partial charge in [-0.1, -0.05) is 0 Å². The number of methoxy groups -OCH3 is 1. The zero-order valence-corrected chi connectivity index (χ0v) is 25.8. The molecule has 7 heteroatoms. The SMILES string of the molecule is COC(=O)[C@]1(Cc2cccc(O[Si](C)(C)C(C)(C)C)c2)N=C(c2ccccc2)O[C@@H]1C[Se]c1ccccc1. The summed E-state index contributed by atoms with van der Waals surface area (Å²) in [6.45, 7) is 11.1. The minimum absolute atomic E-state index is 0.0784. The fourth-order valence-corrected chi connectivity index (χ4v) is 7.34. The Kier molecular flexibility index (Phi) is 8.51. The summed E-state index contributed by atoms with van der Waals surface area (Å²) < 4.78 is 19.7. The summed E-state index contributed by atoms with van der Waals surface area (Å²) in [6.07, 6.45) is -0.0874. The van der Waals surface area contributed by atoms with Crippen molar-refractivity contribution in [2.45, 2.75) is 62.3 Å². The number of carbonyl (C=O) groups excluding carboxylic acids is 1. The summed E-state index contributed by atoms with van der Waals surface area (Å²) in [4.78, 5) is 18.5. The van der Waals surface area contributed by atoms with E-state index >= 15 is 0 Å². The molecule has 1 aliphatic rings. The van der Waals surface area contributed by atoms with E-state index in [-0.39, 0.29) is 26.0 Å². The Morgan fingerprint density at radius 2 is 1.66 bits per heavy atom. The van der Waals surface area contributed by atoms with Gasteiger partial charge in [0.1, 0.15) is 0 Å². The quantitative estimate of drug-likeness (QED) is 0.232. The van der Waals surface area contributed by atoms with Gasteiger partial charge in [0.05, 0.1) is 0 Å². The Morgan fingerprint density at radius 3 is 2.29 bits per heavy atom. The molecule has 1 heterocycles. The molecule has 0 N–H and O–H groups in total. The average Bonchev–Trinajstić information content (AvgIpc) is 3.26. The zero-order valence-electron chi connectivity index (χ0n) is 23.1. The first-order valence-corrected chi connectivity index (χ1v) is 17.9. The van der Waals surface area contributed by atoms with Gasteiger partial charge < -0.3 is 0 Å². The monoisotopic (exact) mass is 595 g/mol. The van der Waals surface area contributed by atoms with Crippen LogP contribution in [0.4, 0.5) is 0 Å². The Bertz CT molecular complexity index is 1270. The van der Waals surface area contributed by atoms with E-state index in [1.165, 1.54) is 11.6 Å². The van der Waals surface area contributed by atoms with Crippen molar-refractivity contribution in [3.8, 4) is 5.75 Å². The van der Waals surface area contributed by atoms with Crippen molar-refractivity contribution >= 4 is 39.6 Å². The van der Waals surface area contributed by atoms with E-state index in [1.807, 2.05) is 72.8 Å². The maximum absolute atomic E-state index is 13.6. The molecule has 0 spiro atoms. The first-order valence-electron chi connectivity index (χ1n) is 12.9. The molecule has 0 bridgehead atoms. The molecule has 0 saturated carbocycles. The van der Waals surface area contributed by atoms with Gasteiger partial charge >= 0.3 is 234 Å². The van der Waals surface area contributed by atoms with E-state index in [2.05, 4.69) is 46.0 Å². The molecule has 2 atom stereocenters. The number of aliphatic imine (C=N–C) groups is 1. The van der Waals surface area contributed by atoms with Gasteiger partial charge in [-0.05, 0) is 0 Å². The van der Waals surface area contributed by atoms with Gasteiger partial charge in [0.25, 0.3) is 0 Å². The summed E-state index contributed by atoms with van der Waals surface area (Å²) in [6, 6.07) is 28.2. The van der Waals surface area contributed by atoms with Crippen LogP contribution >= 0.6 is 0 Å². The van der Waals surface area contributed by atoms with Crippen LogP contribution in [0.3, 0.4) is 0 Å². The van der Waals surface area contributed by atoms with Gasteiger partial charge in [0, 0.05) is 0 Å². The Labute approximate surface area is 233 Å². The number of hydrogen-bond acceptors (Lipinski definition) is 5. The molecule has 200 valence electrons. The molecule has 0 saturated heterocycles. The third kappa shape index (κ3) is 6.23. The topological polar surface area (TPSA) is 57.1 Å². The maximum atomic E-state index is 13.6. The van der Waals surface area contributed by atoms with Crippen molar-refractivity contribution in [1.82, 2.24) is 0 Å². The van der Waals surface area contributed by atoms with Gasteiger partial charge in [-0.15, -0.1) is 0 Å². The van der Waals surface area contributed by atoms with Gasteiger partial charge in [-0.25, -0.2) is 0 Å². The van der Waals surface area contributed by atoms with E-state index in [4.69, 9.17) is 18.9 Å². The van der Waals surface area contributed by atoms with Crippen molar-refractivity contribution in [2.24, 2.45) is 4.99 Å². The first-order chi connectivity index (χ1) is 18.0. The van der Waals surface area contributed by atoms with Crippen molar-refractivity contribution in [2.75, 3.05) is 7.11 Å². The second-order valence-electron chi connectivity index (χ2n) is 11.1. The molecular formula is C31H37NO4SeSi. The van der Waals surface area contributed by atoms with Gasteiger partial charge in [-0.2, -0.15) is 0 Å². The van der Waals surface area contributed by atoms with E-state index in [9.17, 15) is 4.79 Å². The van der Waals surface area contributed by atoms with Crippen molar-refractivity contribution in [3.63, 3.8) is 0 Å². The summed E-state index contributed by atoms with van der Waals surface area (Å²) in [5.74, 6) is 0.928. The van der Waals surface area contributed by atoms with Crippen LogP contribution < -0.4 is 8.89 Å². The second kappa shape index (κ2) is 11.5. The zero-order chi connectivity index (χ0) is 27.4. The third-order valence-electron chi connectivity index (χ3n) is 7.34. The molecule has 0 amide bonds. The van der Waals surface area contributed by atoms with Crippen LogP contribution in [0.15, 0.2) is 89.9 Å². The number of benzene rings is 3. The summed E-state index contributed by atoms with van der Waals surface area (Å²) in [7, 11) is -0.593. The van der Waals surface area contributed by atoms with Crippen LogP contribution in [0.5, 0.6) is 5.75 Å². The Balaban J connectivity index is 1.70. The van der Waals surface area contributed by atoms with Crippen molar-refractivity contribution in [3.05, 3.63) is 96.1 Å². The molecule has 4 rings (SSSR count). The Hall–Kier alpha value is -2.86. The van der Waals surface area contributed by atoms with Gasteiger partial charge in [-0.3, -0.25) is 0 Å².